The average molecular weight is 267 g/mol. The third-order valence-electron chi connectivity index (χ3n) is 2.43. The molecule has 1 aromatic carbocycles. The van der Waals surface area contributed by atoms with Gasteiger partial charge in [-0.2, -0.15) is 0 Å². The molecule has 0 saturated carbocycles. The molecule has 0 heterocycles. The number of nitrogens with two attached hydrogens (primary N) is 1. The van der Waals surface area contributed by atoms with Crippen molar-refractivity contribution in [3.8, 4) is 0 Å². The van der Waals surface area contributed by atoms with E-state index in [4.69, 9.17) is 5.73 Å². The number of hydrogen-bond acceptors (Lipinski definition) is 3. The number of carbonyl (C=O) groups excluding carboxylic acids is 2. The lowest BCUT2D eigenvalue weighted by Crippen LogP contribution is -2.46. The topological polar surface area (TPSA) is 84.2 Å². The third kappa shape index (κ3) is 4.24. The molecule has 0 fully saturated rings. The van der Waals surface area contributed by atoms with Crippen LogP contribution < -0.4 is 16.4 Å². The summed E-state index contributed by atoms with van der Waals surface area (Å²) in [5.41, 5.74) is 5.49. The van der Waals surface area contributed by atoms with Gasteiger partial charge in [-0.05, 0) is 39.0 Å². The Morgan fingerprint density at radius 3 is 2.37 bits per heavy atom. The first kappa shape index (κ1) is 14.9. The summed E-state index contributed by atoms with van der Waals surface area (Å²) in [7, 11) is 0. The van der Waals surface area contributed by atoms with Crippen LogP contribution in [0.15, 0.2) is 18.2 Å². The van der Waals surface area contributed by atoms with E-state index in [0.29, 0.717) is 0 Å². The van der Waals surface area contributed by atoms with Gasteiger partial charge < -0.3 is 16.4 Å². The van der Waals surface area contributed by atoms with Gasteiger partial charge in [-0.25, -0.2) is 4.39 Å². The molecule has 19 heavy (non-hydrogen) atoms. The molecule has 0 aliphatic carbocycles. The smallest absolute Gasteiger partial charge is 0.251 e. The van der Waals surface area contributed by atoms with E-state index in [1.54, 1.807) is 6.92 Å². The minimum Gasteiger partial charge on any atom is -0.396 e. The van der Waals surface area contributed by atoms with Crippen molar-refractivity contribution in [3.05, 3.63) is 29.6 Å². The molecular weight excluding hydrogens is 249 g/mol. The Balaban J connectivity index is 2.68. The Morgan fingerprint density at radius 1 is 1.21 bits per heavy atom. The SMILES string of the molecule is CC(C)NC(=O)C(C)NC(=O)c1ccc(F)c(N)c1. The number of halogens is 1. The van der Waals surface area contributed by atoms with Gasteiger partial charge in [0.05, 0.1) is 5.69 Å². The van der Waals surface area contributed by atoms with Gasteiger partial charge in [0.2, 0.25) is 5.91 Å². The Labute approximate surface area is 111 Å². The number of hydrogen-bond donors (Lipinski definition) is 3. The molecule has 0 radical (unpaired) electrons. The van der Waals surface area contributed by atoms with E-state index in [9.17, 15) is 14.0 Å². The van der Waals surface area contributed by atoms with Gasteiger partial charge in [0.15, 0.2) is 0 Å². The second kappa shape index (κ2) is 6.17. The molecule has 5 nitrogen and oxygen atoms in total. The number of benzene rings is 1. The zero-order valence-electron chi connectivity index (χ0n) is 11.2. The van der Waals surface area contributed by atoms with Gasteiger partial charge in [-0.1, -0.05) is 0 Å². The third-order valence-corrected chi connectivity index (χ3v) is 2.43. The van der Waals surface area contributed by atoms with E-state index < -0.39 is 17.8 Å². The van der Waals surface area contributed by atoms with Gasteiger partial charge in [0, 0.05) is 11.6 Å². The molecule has 0 bridgehead atoms. The van der Waals surface area contributed by atoms with E-state index in [0.717, 1.165) is 6.07 Å². The summed E-state index contributed by atoms with van der Waals surface area (Å²) in [6.45, 7) is 5.22. The fourth-order valence-corrected chi connectivity index (χ4v) is 1.44. The summed E-state index contributed by atoms with van der Waals surface area (Å²) >= 11 is 0. The van der Waals surface area contributed by atoms with Gasteiger partial charge >= 0.3 is 0 Å². The standard InChI is InChI=1S/C13H18FN3O2/c1-7(2)16-12(18)8(3)17-13(19)9-4-5-10(14)11(15)6-9/h4-8H,15H2,1-3H3,(H,16,18)(H,17,19). The molecule has 1 atom stereocenters. The highest BCUT2D eigenvalue weighted by Gasteiger charge is 2.17. The van der Waals surface area contributed by atoms with E-state index in [2.05, 4.69) is 10.6 Å². The Bertz CT molecular complexity index is 489. The van der Waals surface area contributed by atoms with Crippen molar-refractivity contribution in [2.24, 2.45) is 0 Å². The van der Waals surface area contributed by atoms with Crippen LogP contribution in [-0.4, -0.2) is 23.9 Å². The van der Waals surface area contributed by atoms with Crippen molar-refractivity contribution < 1.29 is 14.0 Å². The summed E-state index contributed by atoms with van der Waals surface area (Å²) in [4.78, 5) is 23.5. The highest BCUT2D eigenvalue weighted by atomic mass is 19.1. The summed E-state index contributed by atoms with van der Waals surface area (Å²) in [5, 5.41) is 5.20. The highest BCUT2D eigenvalue weighted by molar-refractivity contribution is 5.98. The number of nitrogen functional groups attached to an aromatic ring is 1. The second-order valence-electron chi connectivity index (χ2n) is 4.59. The lowest BCUT2D eigenvalue weighted by Gasteiger charge is -2.16. The zero-order chi connectivity index (χ0) is 14.6. The van der Waals surface area contributed by atoms with Crippen LogP contribution in [0.3, 0.4) is 0 Å². The average Bonchev–Trinajstić information content (AvgIpc) is 2.31. The van der Waals surface area contributed by atoms with Crippen molar-refractivity contribution in [3.63, 3.8) is 0 Å². The van der Waals surface area contributed by atoms with Crippen LogP contribution in [0.5, 0.6) is 0 Å². The fourth-order valence-electron chi connectivity index (χ4n) is 1.44. The number of amides is 2. The quantitative estimate of drug-likeness (QED) is 0.713. The molecule has 0 aromatic heterocycles. The van der Waals surface area contributed by atoms with Crippen molar-refractivity contribution >= 4 is 17.5 Å². The summed E-state index contributed by atoms with van der Waals surface area (Å²) in [5.74, 6) is -1.33. The Hall–Kier alpha value is -2.11. The first-order chi connectivity index (χ1) is 8.81. The van der Waals surface area contributed by atoms with Crippen molar-refractivity contribution in [1.29, 1.82) is 0 Å². The zero-order valence-corrected chi connectivity index (χ0v) is 11.2. The molecule has 4 N–H and O–H groups in total. The van der Waals surface area contributed by atoms with E-state index in [-0.39, 0.29) is 23.2 Å². The molecule has 1 unspecified atom stereocenters. The van der Waals surface area contributed by atoms with Crippen molar-refractivity contribution in [1.82, 2.24) is 10.6 Å². The summed E-state index contributed by atoms with van der Waals surface area (Å²) in [6, 6.07) is 2.98. The van der Waals surface area contributed by atoms with Gasteiger partial charge in [-0.15, -0.1) is 0 Å². The maximum absolute atomic E-state index is 13.0. The van der Waals surface area contributed by atoms with Crippen LogP contribution in [0.4, 0.5) is 10.1 Å². The predicted molar refractivity (Wildman–Crippen MR) is 71.0 cm³/mol. The monoisotopic (exact) mass is 267 g/mol. The van der Waals surface area contributed by atoms with Crippen LogP contribution in [0.2, 0.25) is 0 Å². The first-order valence-electron chi connectivity index (χ1n) is 5.97. The van der Waals surface area contributed by atoms with Crippen LogP contribution in [-0.2, 0) is 4.79 Å². The molecule has 104 valence electrons. The maximum Gasteiger partial charge on any atom is 0.251 e. The van der Waals surface area contributed by atoms with Gasteiger partial charge in [0.1, 0.15) is 11.9 Å². The molecular formula is C13H18FN3O2. The minimum absolute atomic E-state index is 0.00619. The fraction of sp³-hybridized carbons (Fsp3) is 0.385. The van der Waals surface area contributed by atoms with E-state index in [1.807, 2.05) is 13.8 Å². The summed E-state index contributed by atoms with van der Waals surface area (Å²) in [6.07, 6.45) is 0. The number of nitrogens with one attached hydrogen (secondary N) is 2. The first-order valence-corrected chi connectivity index (χ1v) is 5.97. The van der Waals surface area contributed by atoms with Crippen LogP contribution in [0.25, 0.3) is 0 Å². The molecule has 0 spiro atoms. The highest BCUT2D eigenvalue weighted by Crippen LogP contribution is 2.12. The normalized spacial score (nSPS) is 12.1. The van der Waals surface area contributed by atoms with Gasteiger partial charge in [0.25, 0.3) is 5.91 Å². The molecule has 0 aliphatic rings. The predicted octanol–water partition coefficient (Wildman–Crippen LogP) is 1.05. The lowest BCUT2D eigenvalue weighted by molar-refractivity contribution is -0.123. The Kier molecular flexibility index (Phi) is 4.86. The van der Waals surface area contributed by atoms with E-state index in [1.165, 1.54) is 12.1 Å². The molecule has 1 aromatic rings. The molecule has 0 aliphatic heterocycles. The van der Waals surface area contributed by atoms with Crippen molar-refractivity contribution in [2.75, 3.05) is 5.73 Å². The summed E-state index contributed by atoms with van der Waals surface area (Å²) < 4.78 is 13.0. The van der Waals surface area contributed by atoms with Crippen LogP contribution in [0.1, 0.15) is 31.1 Å². The molecule has 2 amide bonds. The molecule has 6 heteroatoms. The van der Waals surface area contributed by atoms with Crippen molar-refractivity contribution in [2.45, 2.75) is 32.9 Å². The molecule has 1 rings (SSSR count). The second-order valence-corrected chi connectivity index (χ2v) is 4.59. The Morgan fingerprint density at radius 2 is 1.84 bits per heavy atom. The number of anilines is 1. The number of carbonyl (C=O) groups is 2. The lowest BCUT2D eigenvalue weighted by atomic mass is 10.1. The minimum atomic E-state index is -0.679. The van der Waals surface area contributed by atoms with Crippen LogP contribution >= 0.6 is 0 Å². The number of rotatable bonds is 4. The van der Waals surface area contributed by atoms with Crippen LogP contribution in [0, 0.1) is 5.82 Å². The van der Waals surface area contributed by atoms with Gasteiger partial charge in [-0.3, -0.25) is 9.59 Å². The van der Waals surface area contributed by atoms with E-state index >= 15 is 0 Å². The molecule has 0 saturated heterocycles. The largest absolute Gasteiger partial charge is 0.396 e. The maximum atomic E-state index is 13.0.